The van der Waals surface area contributed by atoms with Crippen molar-refractivity contribution in [3.8, 4) is 5.82 Å². The fourth-order valence-corrected chi connectivity index (χ4v) is 3.89. The first-order valence-electron chi connectivity index (χ1n) is 9.70. The second-order valence-corrected chi connectivity index (χ2v) is 6.99. The zero-order valence-corrected chi connectivity index (χ0v) is 15.8. The van der Waals surface area contributed by atoms with Gasteiger partial charge in [-0.2, -0.15) is 0 Å². The summed E-state index contributed by atoms with van der Waals surface area (Å²) in [7, 11) is 0. The van der Waals surface area contributed by atoms with Gasteiger partial charge in [0.2, 0.25) is 5.91 Å². The van der Waals surface area contributed by atoms with Crippen LogP contribution in [0.3, 0.4) is 0 Å². The van der Waals surface area contributed by atoms with Crippen LogP contribution in [0.25, 0.3) is 5.82 Å². The summed E-state index contributed by atoms with van der Waals surface area (Å²) in [6.07, 6.45) is 10.2. The first-order chi connectivity index (χ1) is 13.3. The summed E-state index contributed by atoms with van der Waals surface area (Å²) < 4.78 is 7.33. The molecular formula is C19H26N6O2. The number of aromatic nitrogens is 4. The predicted octanol–water partition coefficient (Wildman–Crippen LogP) is 1.22. The van der Waals surface area contributed by atoms with Gasteiger partial charge in [-0.05, 0) is 19.4 Å². The minimum absolute atomic E-state index is 0.135. The topological polar surface area (TPSA) is 76.4 Å². The largest absolute Gasteiger partial charge is 0.378 e. The van der Waals surface area contributed by atoms with Crippen molar-refractivity contribution in [1.82, 2.24) is 29.3 Å². The number of hydrogen-bond acceptors (Lipinski definition) is 6. The maximum atomic E-state index is 12.6. The zero-order valence-electron chi connectivity index (χ0n) is 15.8. The van der Waals surface area contributed by atoms with Crippen LogP contribution in [0, 0.1) is 0 Å². The molecule has 1 atom stereocenters. The van der Waals surface area contributed by atoms with Crippen molar-refractivity contribution in [2.24, 2.45) is 0 Å². The summed E-state index contributed by atoms with van der Waals surface area (Å²) in [5, 5.41) is 0. The van der Waals surface area contributed by atoms with E-state index in [0.29, 0.717) is 32.8 Å². The Bertz CT molecular complexity index is 786. The third kappa shape index (κ3) is 3.86. The van der Waals surface area contributed by atoms with Crippen LogP contribution in [0.1, 0.15) is 37.3 Å². The van der Waals surface area contributed by atoms with Crippen molar-refractivity contribution in [3.63, 3.8) is 0 Å². The number of aryl methyl sites for hydroxylation is 1. The van der Waals surface area contributed by atoms with Crippen molar-refractivity contribution in [2.75, 3.05) is 39.4 Å². The van der Waals surface area contributed by atoms with E-state index in [1.807, 2.05) is 21.9 Å². The molecule has 4 heterocycles. The molecule has 0 N–H and O–H groups in total. The van der Waals surface area contributed by atoms with Gasteiger partial charge in [0.15, 0.2) is 5.82 Å². The Morgan fingerprint density at radius 2 is 2.11 bits per heavy atom. The Morgan fingerprint density at radius 3 is 2.93 bits per heavy atom. The predicted molar refractivity (Wildman–Crippen MR) is 99.5 cm³/mol. The fraction of sp³-hybridized carbons (Fsp3) is 0.579. The fourth-order valence-electron chi connectivity index (χ4n) is 3.89. The van der Waals surface area contributed by atoms with Gasteiger partial charge in [0.1, 0.15) is 5.82 Å². The molecule has 4 rings (SSSR count). The number of ether oxygens (including phenoxy) is 1. The number of carbonyl (C=O) groups is 1. The summed E-state index contributed by atoms with van der Waals surface area (Å²) >= 11 is 0. The number of imidazole rings is 1. The number of likely N-dealkylation sites (tertiary alicyclic amines) is 1. The lowest BCUT2D eigenvalue weighted by Gasteiger charge is -2.30. The second kappa shape index (κ2) is 8.14. The highest BCUT2D eigenvalue weighted by Crippen LogP contribution is 2.30. The molecule has 0 radical (unpaired) electrons. The molecule has 27 heavy (non-hydrogen) atoms. The Kier molecular flexibility index (Phi) is 5.45. The van der Waals surface area contributed by atoms with E-state index in [0.717, 1.165) is 43.1 Å². The van der Waals surface area contributed by atoms with E-state index in [4.69, 9.17) is 9.72 Å². The van der Waals surface area contributed by atoms with Crippen LogP contribution in [0.4, 0.5) is 0 Å². The standard InChI is InChI=1S/C19H26N6O2/c1-2-17-21-5-7-25(17)18-13-20-12-15(22-18)16-4-3-6-24(16)14-19(26)23-8-10-27-11-9-23/h5,7,12-13,16H,2-4,6,8-11,14H2,1H3/t16-/m1/s1. The van der Waals surface area contributed by atoms with Gasteiger partial charge in [0.05, 0.1) is 43.9 Å². The van der Waals surface area contributed by atoms with Crippen LogP contribution < -0.4 is 0 Å². The molecule has 2 aliphatic rings. The molecule has 8 nitrogen and oxygen atoms in total. The lowest BCUT2D eigenvalue weighted by molar-refractivity contribution is -0.136. The van der Waals surface area contributed by atoms with Gasteiger partial charge in [-0.25, -0.2) is 9.97 Å². The maximum absolute atomic E-state index is 12.6. The Morgan fingerprint density at radius 1 is 1.26 bits per heavy atom. The number of morpholine rings is 1. The number of hydrogen-bond donors (Lipinski definition) is 0. The van der Waals surface area contributed by atoms with Crippen molar-refractivity contribution < 1.29 is 9.53 Å². The molecule has 0 aromatic carbocycles. The van der Waals surface area contributed by atoms with Crippen molar-refractivity contribution >= 4 is 5.91 Å². The minimum Gasteiger partial charge on any atom is -0.378 e. The van der Waals surface area contributed by atoms with Crippen LogP contribution in [0.15, 0.2) is 24.8 Å². The monoisotopic (exact) mass is 370 g/mol. The minimum atomic E-state index is 0.135. The Hall–Kier alpha value is -2.32. The molecule has 1 amide bonds. The summed E-state index contributed by atoms with van der Waals surface area (Å²) in [4.78, 5) is 30.4. The van der Waals surface area contributed by atoms with E-state index >= 15 is 0 Å². The third-order valence-corrected chi connectivity index (χ3v) is 5.33. The SMILES string of the molecule is CCc1nccn1-c1cncc([C@H]2CCCN2CC(=O)N2CCOCC2)n1. The highest BCUT2D eigenvalue weighted by molar-refractivity contribution is 5.78. The summed E-state index contributed by atoms with van der Waals surface area (Å²) in [6.45, 7) is 6.06. The molecule has 0 saturated carbocycles. The summed E-state index contributed by atoms with van der Waals surface area (Å²) in [5.74, 6) is 1.93. The molecule has 0 unspecified atom stereocenters. The molecule has 2 saturated heterocycles. The zero-order chi connectivity index (χ0) is 18.6. The van der Waals surface area contributed by atoms with Crippen LogP contribution in [-0.4, -0.2) is 74.6 Å². The average molecular weight is 370 g/mol. The van der Waals surface area contributed by atoms with E-state index in [1.54, 1.807) is 12.4 Å². The van der Waals surface area contributed by atoms with Gasteiger partial charge in [0, 0.05) is 31.9 Å². The molecule has 0 aliphatic carbocycles. The highest BCUT2D eigenvalue weighted by atomic mass is 16.5. The number of carbonyl (C=O) groups excluding carboxylic acids is 1. The molecule has 2 aromatic rings. The number of amides is 1. The molecule has 8 heteroatoms. The molecule has 2 fully saturated rings. The molecule has 0 bridgehead atoms. The molecule has 2 aliphatic heterocycles. The van der Waals surface area contributed by atoms with E-state index in [2.05, 4.69) is 21.8 Å². The quantitative estimate of drug-likeness (QED) is 0.788. The smallest absolute Gasteiger partial charge is 0.236 e. The van der Waals surface area contributed by atoms with Gasteiger partial charge in [0.25, 0.3) is 0 Å². The van der Waals surface area contributed by atoms with Crippen LogP contribution >= 0.6 is 0 Å². The van der Waals surface area contributed by atoms with Gasteiger partial charge in [-0.3, -0.25) is 19.2 Å². The van der Waals surface area contributed by atoms with Gasteiger partial charge in [-0.15, -0.1) is 0 Å². The van der Waals surface area contributed by atoms with Crippen molar-refractivity contribution in [2.45, 2.75) is 32.2 Å². The summed E-state index contributed by atoms with van der Waals surface area (Å²) in [6, 6.07) is 0.135. The van der Waals surface area contributed by atoms with Crippen molar-refractivity contribution in [3.05, 3.63) is 36.3 Å². The van der Waals surface area contributed by atoms with Crippen molar-refractivity contribution in [1.29, 1.82) is 0 Å². The van der Waals surface area contributed by atoms with Gasteiger partial charge < -0.3 is 9.64 Å². The Labute approximate surface area is 159 Å². The maximum Gasteiger partial charge on any atom is 0.236 e. The molecular weight excluding hydrogens is 344 g/mol. The van der Waals surface area contributed by atoms with Crippen LogP contribution in [-0.2, 0) is 16.0 Å². The third-order valence-electron chi connectivity index (χ3n) is 5.33. The molecule has 0 spiro atoms. The van der Waals surface area contributed by atoms with Gasteiger partial charge >= 0.3 is 0 Å². The molecule has 2 aromatic heterocycles. The van der Waals surface area contributed by atoms with E-state index in [9.17, 15) is 4.79 Å². The van der Waals surface area contributed by atoms with E-state index in [1.165, 1.54) is 0 Å². The van der Waals surface area contributed by atoms with E-state index < -0.39 is 0 Å². The Balaban J connectivity index is 1.50. The van der Waals surface area contributed by atoms with Crippen LogP contribution in [0.2, 0.25) is 0 Å². The normalized spacial score (nSPS) is 20.9. The lowest BCUT2D eigenvalue weighted by atomic mass is 10.1. The number of nitrogens with zero attached hydrogens (tertiary/aromatic N) is 6. The van der Waals surface area contributed by atoms with Gasteiger partial charge in [-0.1, -0.05) is 6.92 Å². The first-order valence-corrected chi connectivity index (χ1v) is 9.70. The summed E-state index contributed by atoms with van der Waals surface area (Å²) in [5.41, 5.74) is 0.926. The highest BCUT2D eigenvalue weighted by Gasteiger charge is 2.30. The second-order valence-electron chi connectivity index (χ2n) is 6.99. The van der Waals surface area contributed by atoms with E-state index in [-0.39, 0.29) is 11.9 Å². The first kappa shape index (κ1) is 18.1. The average Bonchev–Trinajstić information content (AvgIpc) is 3.38. The number of rotatable bonds is 5. The molecule has 144 valence electrons. The lowest BCUT2D eigenvalue weighted by Crippen LogP contribution is -2.45. The van der Waals surface area contributed by atoms with Crippen LogP contribution in [0.5, 0.6) is 0 Å².